The van der Waals surface area contributed by atoms with Gasteiger partial charge in [0, 0.05) is 36.6 Å². The first kappa shape index (κ1) is 44.1. The molecule has 294 valence electrons. The van der Waals surface area contributed by atoms with Gasteiger partial charge in [0.2, 0.25) is 29.5 Å². The van der Waals surface area contributed by atoms with Crippen LogP contribution in [0.5, 0.6) is 0 Å². The zero-order chi connectivity index (χ0) is 38.6. The number of H-pyrrole nitrogens is 1. The van der Waals surface area contributed by atoms with Crippen LogP contribution in [0.4, 0.5) is 4.79 Å². The van der Waals surface area contributed by atoms with E-state index >= 15 is 0 Å². The van der Waals surface area contributed by atoms with Gasteiger partial charge in [-0.25, -0.2) is 4.79 Å². The number of likely N-dealkylation sites (tertiary alicyclic amines) is 1. The first-order chi connectivity index (χ1) is 24.4. The molecule has 0 unspecified atom stereocenters. The van der Waals surface area contributed by atoms with Crippen LogP contribution in [-0.2, 0) is 35.1 Å². The van der Waals surface area contributed by atoms with Gasteiger partial charge in [-0.05, 0) is 70.4 Å². The van der Waals surface area contributed by atoms with E-state index in [9.17, 15) is 28.8 Å². The van der Waals surface area contributed by atoms with E-state index in [0.29, 0.717) is 19.3 Å². The van der Waals surface area contributed by atoms with E-state index in [1.54, 1.807) is 27.0 Å². The summed E-state index contributed by atoms with van der Waals surface area (Å²) >= 11 is 0. The number of nitrogens with two attached hydrogens (primary N) is 3. The minimum absolute atomic E-state index is 0. The fraction of sp³-hybridized carbons (Fsp3) is 0.571. The summed E-state index contributed by atoms with van der Waals surface area (Å²) in [5.74, 6) is -3.20. The van der Waals surface area contributed by atoms with Gasteiger partial charge in [-0.2, -0.15) is 0 Å². The number of benzene rings is 1. The smallest absolute Gasteiger partial charge is 0.408 e. The number of nitrogens with zero attached hydrogens (tertiary/aromatic N) is 2. The summed E-state index contributed by atoms with van der Waals surface area (Å²) < 4.78 is 5.45. The van der Waals surface area contributed by atoms with E-state index in [4.69, 9.17) is 21.9 Å². The lowest BCUT2D eigenvalue weighted by Crippen LogP contribution is -2.59. The number of ether oxygens (including phenoxy) is 1. The normalized spacial score (nSPS) is 15.7. The summed E-state index contributed by atoms with van der Waals surface area (Å²) in [6, 6.07) is 3.35. The fourth-order valence-corrected chi connectivity index (χ4v) is 5.98. The summed E-state index contributed by atoms with van der Waals surface area (Å²) in [4.78, 5) is 87.5. The lowest BCUT2D eigenvalue weighted by atomic mass is 10.00. The molecule has 1 aromatic heterocycles. The zero-order valence-electron chi connectivity index (χ0n) is 31.0. The molecule has 0 saturated carbocycles. The summed E-state index contributed by atoms with van der Waals surface area (Å²) in [7, 11) is 0. The number of aliphatic imine (C=N–C) groups is 1. The summed E-state index contributed by atoms with van der Waals surface area (Å²) in [5, 5.41) is 11.6. The number of carbonyl (C=O) groups excluding carboxylic acids is 6. The number of hydrogen-bond donors (Lipinski definition) is 8. The molecule has 0 spiro atoms. The van der Waals surface area contributed by atoms with Gasteiger partial charge < -0.3 is 53.1 Å². The Balaban J connectivity index is 0.00000972. The van der Waals surface area contributed by atoms with Gasteiger partial charge in [0.25, 0.3) is 0 Å². The number of amides is 6. The standard InChI is InChI=1S/C35H54N10O7.ClH/c1-20(2)16-25(43-30(48)26(44-34(51)52-35(3,4)5)17-21-18-40-23-11-7-6-10-22(21)23)29(47)42-24(12-8-14-39-33(37)38)32(50)45-15-9-13-27(45)31(49)41-19-28(36)46;/h6-7,10-11,18,20,24-27,40H,8-9,12-17,19H2,1-5H3,(H2,36,46)(H,41,49)(H,42,47)(H,43,48)(H,44,51)(H4,37,38,39);1H/t24-,25-,26+,27-;/m0./s1. The molecular formula is C35H55ClN10O7. The van der Waals surface area contributed by atoms with Crippen LogP contribution in [0.15, 0.2) is 35.5 Å². The summed E-state index contributed by atoms with van der Waals surface area (Å²) in [6.45, 7) is 8.94. The molecule has 0 radical (unpaired) electrons. The maximum atomic E-state index is 14.0. The van der Waals surface area contributed by atoms with E-state index in [-0.39, 0.29) is 63.2 Å². The van der Waals surface area contributed by atoms with Crippen molar-refractivity contribution in [2.75, 3.05) is 19.6 Å². The molecule has 0 bridgehead atoms. The Hall–Kier alpha value is -5.06. The second-order valence-electron chi connectivity index (χ2n) is 14.3. The molecule has 1 fully saturated rings. The van der Waals surface area contributed by atoms with Crippen molar-refractivity contribution in [2.24, 2.45) is 28.1 Å². The average Bonchev–Trinajstić information content (AvgIpc) is 3.70. The molecule has 17 nitrogen and oxygen atoms in total. The Morgan fingerprint density at radius 3 is 2.28 bits per heavy atom. The molecule has 2 heterocycles. The van der Waals surface area contributed by atoms with Gasteiger partial charge in [0.05, 0.1) is 6.54 Å². The Morgan fingerprint density at radius 1 is 0.981 bits per heavy atom. The lowest BCUT2D eigenvalue weighted by molar-refractivity contribution is -0.142. The predicted molar refractivity (Wildman–Crippen MR) is 203 cm³/mol. The molecule has 53 heavy (non-hydrogen) atoms. The van der Waals surface area contributed by atoms with Crippen LogP contribution >= 0.6 is 12.4 Å². The number of aromatic nitrogens is 1. The largest absolute Gasteiger partial charge is 0.444 e. The van der Waals surface area contributed by atoms with Crippen molar-refractivity contribution >= 4 is 64.9 Å². The third-order valence-electron chi connectivity index (χ3n) is 8.28. The number of rotatable bonds is 17. The Kier molecular flexibility index (Phi) is 16.9. The minimum atomic E-state index is -1.13. The monoisotopic (exact) mass is 762 g/mol. The highest BCUT2D eigenvalue weighted by Gasteiger charge is 2.38. The second kappa shape index (κ2) is 20.3. The van der Waals surface area contributed by atoms with Gasteiger partial charge in [0.1, 0.15) is 29.8 Å². The SMILES string of the molecule is CC(C)C[C@H](NC(=O)[C@@H](Cc1c[nH]c2ccccc12)NC(=O)OC(C)(C)C)C(=O)N[C@@H](CCCN=C(N)N)C(=O)N1CCC[C@H]1C(=O)NCC(N)=O.Cl. The Bertz CT molecular complexity index is 1620. The highest BCUT2D eigenvalue weighted by Crippen LogP contribution is 2.22. The quantitative estimate of drug-likeness (QED) is 0.0639. The molecule has 0 aliphatic carbocycles. The molecule has 4 atom stereocenters. The van der Waals surface area contributed by atoms with Crippen molar-refractivity contribution in [2.45, 2.75) is 103 Å². The fourth-order valence-electron chi connectivity index (χ4n) is 5.98. The molecule has 1 aliphatic heterocycles. The first-order valence-electron chi connectivity index (χ1n) is 17.5. The second-order valence-corrected chi connectivity index (χ2v) is 14.3. The van der Waals surface area contributed by atoms with Crippen LogP contribution in [-0.4, -0.2) is 101 Å². The van der Waals surface area contributed by atoms with Gasteiger partial charge >= 0.3 is 6.09 Å². The number of primary amides is 1. The van der Waals surface area contributed by atoms with Crippen LogP contribution in [0.3, 0.4) is 0 Å². The first-order valence-corrected chi connectivity index (χ1v) is 17.5. The highest BCUT2D eigenvalue weighted by molar-refractivity contribution is 5.96. The molecule has 6 amide bonds. The van der Waals surface area contributed by atoms with E-state index in [1.807, 2.05) is 38.1 Å². The highest BCUT2D eigenvalue weighted by atomic mass is 35.5. The van der Waals surface area contributed by atoms with Crippen LogP contribution in [0.1, 0.15) is 72.3 Å². The van der Waals surface area contributed by atoms with Crippen molar-refractivity contribution in [1.29, 1.82) is 0 Å². The maximum absolute atomic E-state index is 14.0. The minimum Gasteiger partial charge on any atom is -0.444 e. The molecule has 2 aromatic rings. The van der Waals surface area contributed by atoms with Crippen LogP contribution in [0, 0.1) is 5.92 Å². The molecule has 1 aliphatic rings. The number of aromatic amines is 1. The molecule has 18 heteroatoms. The predicted octanol–water partition coefficient (Wildman–Crippen LogP) is 0.687. The van der Waals surface area contributed by atoms with E-state index in [1.165, 1.54) is 4.90 Å². The van der Waals surface area contributed by atoms with Crippen molar-refractivity contribution in [1.82, 2.24) is 31.2 Å². The number of halogens is 1. The number of fused-ring (bicyclic) bond motifs is 1. The van der Waals surface area contributed by atoms with Crippen LogP contribution in [0.25, 0.3) is 10.9 Å². The molecule has 11 N–H and O–H groups in total. The van der Waals surface area contributed by atoms with E-state index < -0.39 is 65.4 Å². The number of carbonyl (C=O) groups is 6. The van der Waals surface area contributed by atoms with Gasteiger partial charge in [0.15, 0.2) is 5.96 Å². The molecular weight excluding hydrogens is 708 g/mol. The third kappa shape index (κ3) is 14.1. The van der Waals surface area contributed by atoms with Crippen molar-refractivity contribution in [3.05, 3.63) is 36.0 Å². The molecule has 1 aromatic carbocycles. The van der Waals surface area contributed by atoms with Crippen molar-refractivity contribution in [3.63, 3.8) is 0 Å². The topological polar surface area (TPSA) is 269 Å². The van der Waals surface area contributed by atoms with E-state index in [2.05, 4.69) is 31.2 Å². The van der Waals surface area contributed by atoms with Crippen LogP contribution in [0.2, 0.25) is 0 Å². The van der Waals surface area contributed by atoms with Gasteiger partial charge in [-0.15, -0.1) is 12.4 Å². The number of guanidine groups is 1. The summed E-state index contributed by atoms with van der Waals surface area (Å²) in [6.07, 6.45) is 2.59. The number of nitrogens with one attached hydrogen (secondary N) is 5. The Labute approximate surface area is 315 Å². The van der Waals surface area contributed by atoms with Crippen molar-refractivity contribution < 1.29 is 33.5 Å². The zero-order valence-corrected chi connectivity index (χ0v) is 31.8. The van der Waals surface area contributed by atoms with Gasteiger partial charge in [-0.3, -0.25) is 29.0 Å². The van der Waals surface area contributed by atoms with Crippen LogP contribution < -0.4 is 38.5 Å². The Morgan fingerprint density at radius 2 is 1.64 bits per heavy atom. The van der Waals surface area contributed by atoms with Crippen molar-refractivity contribution in [3.8, 4) is 0 Å². The molecule has 1 saturated heterocycles. The number of hydrogen-bond acceptors (Lipinski definition) is 8. The third-order valence-corrected chi connectivity index (χ3v) is 8.28. The molecule has 3 rings (SSSR count). The number of para-hydroxylation sites is 1. The lowest BCUT2D eigenvalue weighted by Gasteiger charge is -2.30. The number of alkyl carbamates (subject to hydrolysis) is 1. The maximum Gasteiger partial charge on any atom is 0.408 e. The summed E-state index contributed by atoms with van der Waals surface area (Å²) in [5.41, 5.74) is 16.9. The van der Waals surface area contributed by atoms with Gasteiger partial charge in [-0.1, -0.05) is 32.0 Å². The van der Waals surface area contributed by atoms with E-state index in [0.717, 1.165) is 16.5 Å². The average molecular weight is 763 g/mol.